The molecule has 0 saturated carbocycles. The SMILES string of the molecule is O=[N+]([O-])c1cc(Cl)cc(C=Nc2cc(Cc3ccc(O)c(N=Cc4cc(Cl)cc([N+](=O)[O-])c4O)c3)ccc2O)c1O. The summed E-state index contributed by atoms with van der Waals surface area (Å²) in [6.45, 7) is 0. The van der Waals surface area contributed by atoms with Crippen LogP contribution in [0.25, 0.3) is 0 Å². The van der Waals surface area contributed by atoms with Crippen molar-refractivity contribution in [3.05, 3.63) is 113 Å². The average molecular weight is 597 g/mol. The summed E-state index contributed by atoms with van der Waals surface area (Å²) < 4.78 is 0. The number of phenolic OH excluding ortho intramolecular Hbond substituents is 4. The van der Waals surface area contributed by atoms with Crippen molar-refractivity contribution >= 4 is 58.4 Å². The van der Waals surface area contributed by atoms with Crippen LogP contribution in [-0.2, 0) is 6.42 Å². The second-order valence-electron chi connectivity index (χ2n) is 8.58. The zero-order chi connectivity index (χ0) is 29.8. The molecule has 0 unspecified atom stereocenters. The lowest BCUT2D eigenvalue weighted by atomic mass is 10.0. The Labute approximate surface area is 241 Å². The van der Waals surface area contributed by atoms with E-state index in [1.54, 1.807) is 24.3 Å². The van der Waals surface area contributed by atoms with Crippen molar-refractivity contribution in [3.63, 3.8) is 0 Å². The topological polar surface area (TPSA) is 192 Å². The molecular weight excluding hydrogens is 579 g/mol. The van der Waals surface area contributed by atoms with Gasteiger partial charge in [0.2, 0.25) is 11.5 Å². The molecule has 0 aliphatic rings. The van der Waals surface area contributed by atoms with E-state index in [0.717, 1.165) is 24.6 Å². The van der Waals surface area contributed by atoms with Crippen LogP contribution in [-0.4, -0.2) is 42.7 Å². The summed E-state index contributed by atoms with van der Waals surface area (Å²) in [5, 5.41) is 63.2. The molecule has 12 nitrogen and oxygen atoms in total. The Bertz CT molecular complexity index is 1630. The van der Waals surface area contributed by atoms with E-state index in [-0.39, 0.29) is 44.0 Å². The smallest absolute Gasteiger partial charge is 0.312 e. The minimum Gasteiger partial charge on any atom is -0.506 e. The number of nitrogens with zero attached hydrogens (tertiary/aromatic N) is 4. The van der Waals surface area contributed by atoms with E-state index in [4.69, 9.17) is 23.2 Å². The molecule has 0 fully saturated rings. The highest BCUT2D eigenvalue weighted by Crippen LogP contribution is 2.36. The van der Waals surface area contributed by atoms with E-state index < -0.39 is 32.7 Å². The van der Waals surface area contributed by atoms with Gasteiger partial charge < -0.3 is 20.4 Å². The van der Waals surface area contributed by atoms with Crippen molar-refractivity contribution in [3.8, 4) is 23.0 Å². The number of hydrogen-bond acceptors (Lipinski definition) is 10. The fraction of sp³-hybridized carbons (Fsp3) is 0.0370. The lowest BCUT2D eigenvalue weighted by Crippen LogP contribution is -1.93. The highest BCUT2D eigenvalue weighted by Gasteiger charge is 2.19. The number of halogens is 2. The number of aliphatic imine (C=N–C) groups is 2. The number of phenols is 4. The van der Waals surface area contributed by atoms with Gasteiger partial charge in [0.05, 0.1) is 9.85 Å². The summed E-state index contributed by atoms with van der Waals surface area (Å²) in [4.78, 5) is 29.0. The summed E-state index contributed by atoms with van der Waals surface area (Å²) >= 11 is 11.8. The number of nitro groups is 2. The quantitative estimate of drug-likeness (QED) is 0.0976. The first-order chi connectivity index (χ1) is 19.4. The van der Waals surface area contributed by atoms with Crippen LogP contribution in [0.1, 0.15) is 22.3 Å². The number of aromatic hydroxyl groups is 4. The van der Waals surface area contributed by atoms with Crippen LogP contribution in [0.3, 0.4) is 0 Å². The van der Waals surface area contributed by atoms with Gasteiger partial charge in [-0.05, 0) is 53.9 Å². The third-order valence-corrected chi connectivity index (χ3v) is 6.17. The lowest BCUT2D eigenvalue weighted by Gasteiger charge is -2.08. The van der Waals surface area contributed by atoms with Crippen LogP contribution in [0.2, 0.25) is 10.0 Å². The Morgan fingerprint density at radius 1 is 0.659 bits per heavy atom. The largest absolute Gasteiger partial charge is 0.506 e. The normalized spacial score (nSPS) is 11.4. The zero-order valence-corrected chi connectivity index (χ0v) is 22.1. The molecule has 0 bridgehead atoms. The van der Waals surface area contributed by atoms with Gasteiger partial charge in [-0.1, -0.05) is 35.3 Å². The molecule has 14 heteroatoms. The molecule has 4 rings (SSSR count). The standard InChI is InChI=1S/C27H18Cl2N4O8/c28-18-8-16(26(36)22(10-18)32(38)39)12-30-20-6-14(1-3-24(20)34)5-15-2-4-25(35)21(7-15)31-13-17-9-19(29)11-23(27(17)37)33(40)41/h1-4,6-13,34-37H,5H2. The summed E-state index contributed by atoms with van der Waals surface area (Å²) in [6, 6.07) is 13.8. The number of hydrogen-bond donors (Lipinski definition) is 4. The summed E-state index contributed by atoms with van der Waals surface area (Å²) in [7, 11) is 0. The van der Waals surface area contributed by atoms with Gasteiger partial charge in [0.15, 0.2) is 0 Å². The fourth-order valence-corrected chi connectivity index (χ4v) is 4.21. The van der Waals surface area contributed by atoms with Gasteiger partial charge in [0.1, 0.15) is 22.9 Å². The van der Waals surface area contributed by atoms with Gasteiger partial charge in [0.25, 0.3) is 0 Å². The molecule has 4 aromatic carbocycles. The molecule has 0 atom stereocenters. The van der Waals surface area contributed by atoms with Crippen LogP contribution in [0.4, 0.5) is 22.7 Å². The van der Waals surface area contributed by atoms with Crippen LogP contribution >= 0.6 is 23.2 Å². The molecule has 0 aliphatic carbocycles. The predicted molar refractivity (Wildman–Crippen MR) is 153 cm³/mol. The van der Waals surface area contributed by atoms with Crippen molar-refractivity contribution in [2.45, 2.75) is 6.42 Å². The summed E-state index contributed by atoms with van der Waals surface area (Å²) in [6.07, 6.45) is 2.57. The number of rotatable bonds is 8. The van der Waals surface area contributed by atoms with Crippen LogP contribution in [0.15, 0.2) is 70.6 Å². The predicted octanol–water partition coefficient (Wildman–Crippen LogP) is 6.72. The monoisotopic (exact) mass is 596 g/mol. The maximum atomic E-state index is 11.1. The highest BCUT2D eigenvalue weighted by molar-refractivity contribution is 6.31. The van der Waals surface area contributed by atoms with Gasteiger partial charge in [0, 0.05) is 45.7 Å². The van der Waals surface area contributed by atoms with Gasteiger partial charge in [-0.25, -0.2) is 0 Å². The van der Waals surface area contributed by atoms with E-state index in [1.165, 1.54) is 24.3 Å². The second-order valence-corrected chi connectivity index (χ2v) is 9.45. The Kier molecular flexibility index (Phi) is 8.36. The summed E-state index contributed by atoms with van der Waals surface area (Å²) in [5.41, 5.74) is 0.356. The maximum absolute atomic E-state index is 11.1. The zero-order valence-electron chi connectivity index (χ0n) is 20.6. The van der Waals surface area contributed by atoms with Crippen molar-refractivity contribution in [1.29, 1.82) is 0 Å². The molecule has 0 aliphatic heterocycles. The van der Waals surface area contributed by atoms with E-state index in [9.17, 15) is 40.7 Å². The molecule has 41 heavy (non-hydrogen) atoms. The molecule has 208 valence electrons. The number of nitro benzene ring substituents is 2. The minimum absolute atomic E-state index is 0.0171. The van der Waals surface area contributed by atoms with E-state index in [1.807, 2.05) is 0 Å². The Morgan fingerprint density at radius 2 is 1.05 bits per heavy atom. The minimum atomic E-state index is -0.784. The maximum Gasteiger partial charge on any atom is 0.312 e. The van der Waals surface area contributed by atoms with E-state index in [0.29, 0.717) is 17.5 Å². The van der Waals surface area contributed by atoms with Crippen molar-refractivity contribution < 1.29 is 30.3 Å². The van der Waals surface area contributed by atoms with Gasteiger partial charge in [-0.15, -0.1) is 0 Å². The summed E-state index contributed by atoms with van der Waals surface area (Å²) in [5.74, 6) is -1.63. The van der Waals surface area contributed by atoms with Crippen molar-refractivity contribution in [2.24, 2.45) is 9.98 Å². The highest BCUT2D eigenvalue weighted by atomic mass is 35.5. The first-order valence-electron chi connectivity index (χ1n) is 11.5. The molecule has 4 N–H and O–H groups in total. The molecule has 0 heterocycles. The third-order valence-electron chi connectivity index (χ3n) is 5.73. The van der Waals surface area contributed by atoms with Gasteiger partial charge in [-0.2, -0.15) is 0 Å². The van der Waals surface area contributed by atoms with Crippen LogP contribution in [0, 0.1) is 20.2 Å². The number of benzene rings is 4. The molecule has 0 radical (unpaired) electrons. The third kappa shape index (κ3) is 6.69. The Morgan fingerprint density at radius 3 is 1.41 bits per heavy atom. The fourth-order valence-electron chi connectivity index (χ4n) is 3.76. The molecular formula is C27H18Cl2N4O8. The average Bonchev–Trinajstić information content (AvgIpc) is 2.91. The van der Waals surface area contributed by atoms with Gasteiger partial charge >= 0.3 is 11.4 Å². The van der Waals surface area contributed by atoms with Crippen LogP contribution in [0.5, 0.6) is 23.0 Å². The molecule has 0 amide bonds. The van der Waals surface area contributed by atoms with Gasteiger partial charge in [-0.3, -0.25) is 30.2 Å². The van der Waals surface area contributed by atoms with Crippen LogP contribution < -0.4 is 0 Å². The molecule has 0 aromatic heterocycles. The Hall–Kier alpha value is -5.20. The molecule has 0 saturated heterocycles. The second kappa shape index (κ2) is 11.9. The van der Waals surface area contributed by atoms with E-state index in [2.05, 4.69) is 9.98 Å². The van der Waals surface area contributed by atoms with Crippen molar-refractivity contribution in [1.82, 2.24) is 0 Å². The first-order valence-corrected chi connectivity index (χ1v) is 12.2. The lowest BCUT2D eigenvalue weighted by molar-refractivity contribution is -0.386. The van der Waals surface area contributed by atoms with Crippen molar-refractivity contribution in [2.75, 3.05) is 0 Å². The first kappa shape index (κ1) is 28.8. The molecule has 0 spiro atoms. The van der Waals surface area contributed by atoms with E-state index >= 15 is 0 Å². The molecule has 4 aromatic rings. The Balaban J connectivity index is 1.60.